The van der Waals surface area contributed by atoms with E-state index in [4.69, 9.17) is 4.74 Å². The normalized spacial score (nSPS) is 19.4. The molecule has 136 valence electrons. The van der Waals surface area contributed by atoms with E-state index in [1.807, 2.05) is 62.4 Å². The molecule has 0 aliphatic carbocycles. The third-order valence-electron chi connectivity index (χ3n) is 4.91. The number of aliphatic carboxylic acids is 1. The van der Waals surface area contributed by atoms with E-state index in [1.54, 1.807) is 4.90 Å². The summed E-state index contributed by atoms with van der Waals surface area (Å²) in [5.74, 6) is -1.16. The summed E-state index contributed by atoms with van der Waals surface area (Å²) in [5.41, 5.74) is 2.98. The van der Waals surface area contributed by atoms with Gasteiger partial charge in [-0.15, -0.1) is 0 Å². The number of aryl methyl sites for hydroxylation is 2. The summed E-state index contributed by atoms with van der Waals surface area (Å²) in [5, 5.41) is 9.55. The van der Waals surface area contributed by atoms with E-state index in [2.05, 4.69) is 0 Å². The SMILES string of the molecule is Cc1ccc(C)c(OCC(=O)N2C[C@H](C(=O)O)[C@H](c3ccccc3)C2)c1. The van der Waals surface area contributed by atoms with Crippen molar-refractivity contribution in [3.8, 4) is 5.75 Å². The van der Waals surface area contributed by atoms with Crippen LogP contribution in [0.15, 0.2) is 48.5 Å². The Balaban J connectivity index is 1.68. The van der Waals surface area contributed by atoms with Gasteiger partial charge in [-0.05, 0) is 36.6 Å². The number of hydrogen-bond acceptors (Lipinski definition) is 3. The molecule has 1 heterocycles. The van der Waals surface area contributed by atoms with Crippen molar-refractivity contribution in [1.29, 1.82) is 0 Å². The number of nitrogens with zero attached hydrogens (tertiary/aromatic N) is 1. The molecule has 0 radical (unpaired) electrons. The number of carboxylic acid groups (broad SMARTS) is 1. The van der Waals surface area contributed by atoms with E-state index in [-0.39, 0.29) is 25.0 Å². The highest BCUT2D eigenvalue weighted by Gasteiger charge is 2.40. The minimum absolute atomic E-state index is 0.0852. The molecule has 3 rings (SSSR count). The Bertz CT molecular complexity index is 803. The number of ether oxygens (including phenoxy) is 1. The van der Waals surface area contributed by atoms with E-state index in [0.717, 1.165) is 16.7 Å². The second-order valence-electron chi connectivity index (χ2n) is 6.82. The third-order valence-corrected chi connectivity index (χ3v) is 4.91. The first-order chi connectivity index (χ1) is 12.5. The molecule has 0 aromatic heterocycles. The second kappa shape index (κ2) is 7.60. The molecule has 0 bridgehead atoms. The number of hydrogen-bond donors (Lipinski definition) is 1. The highest BCUT2D eigenvalue weighted by molar-refractivity contribution is 5.80. The molecule has 0 saturated carbocycles. The van der Waals surface area contributed by atoms with Crippen LogP contribution in [0, 0.1) is 19.8 Å². The van der Waals surface area contributed by atoms with Crippen LogP contribution in [0.1, 0.15) is 22.6 Å². The summed E-state index contributed by atoms with van der Waals surface area (Å²) in [6.07, 6.45) is 0. The predicted molar refractivity (Wildman–Crippen MR) is 98.3 cm³/mol. The smallest absolute Gasteiger partial charge is 0.308 e. The molecule has 2 atom stereocenters. The van der Waals surface area contributed by atoms with Gasteiger partial charge in [0.2, 0.25) is 0 Å². The fraction of sp³-hybridized carbons (Fsp3) is 0.333. The number of amides is 1. The molecule has 1 saturated heterocycles. The van der Waals surface area contributed by atoms with Crippen molar-refractivity contribution in [2.45, 2.75) is 19.8 Å². The standard InChI is InChI=1S/C21H23NO4/c1-14-8-9-15(2)19(10-14)26-13-20(23)22-11-17(18(12-22)21(24)25)16-6-4-3-5-7-16/h3-10,17-18H,11-13H2,1-2H3,(H,24,25)/t17-,18-/m0/s1. The van der Waals surface area contributed by atoms with Crippen molar-refractivity contribution in [3.05, 3.63) is 65.2 Å². The van der Waals surface area contributed by atoms with Gasteiger partial charge >= 0.3 is 5.97 Å². The van der Waals surface area contributed by atoms with Crippen LogP contribution >= 0.6 is 0 Å². The van der Waals surface area contributed by atoms with Gasteiger partial charge in [-0.25, -0.2) is 0 Å². The summed E-state index contributed by atoms with van der Waals surface area (Å²) in [6, 6.07) is 15.4. The third kappa shape index (κ3) is 3.87. The van der Waals surface area contributed by atoms with Crippen LogP contribution in [-0.4, -0.2) is 41.6 Å². The molecular formula is C21H23NO4. The van der Waals surface area contributed by atoms with Crippen molar-refractivity contribution in [2.24, 2.45) is 5.92 Å². The van der Waals surface area contributed by atoms with Crippen molar-refractivity contribution in [2.75, 3.05) is 19.7 Å². The quantitative estimate of drug-likeness (QED) is 0.897. The fourth-order valence-electron chi connectivity index (χ4n) is 3.39. The van der Waals surface area contributed by atoms with Crippen LogP contribution in [0.25, 0.3) is 0 Å². The second-order valence-corrected chi connectivity index (χ2v) is 6.82. The van der Waals surface area contributed by atoms with Crippen LogP contribution in [0.3, 0.4) is 0 Å². The Hall–Kier alpha value is -2.82. The van der Waals surface area contributed by atoms with Crippen molar-refractivity contribution < 1.29 is 19.4 Å². The van der Waals surface area contributed by atoms with Crippen LogP contribution < -0.4 is 4.74 Å². The van der Waals surface area contributed by atoms with Gasteiger partial charge in [0.05, 0.1) is 5.92 Å². The lowest BCUT2D eigenvalue weighted by Crippen LogP contribution is -2.34. The number of carboxylic acids is 1. The van der Waals surface area contributed by atoms with Crippen molar-refractivity contribution >= 4 is 11.9 Å². The summed E-state index contributed by atoms with van der Waals surface area (Å²) in [6.45, 7) is 4.43. The first-order valence-corrected chi connectivity index (χ1v) is 8.71. The summed E-state index contributed by atoms with van der Waals surface area (Å²) in [7, 11) is 0. The van der Waals surface area contributed by atoms with Crippen LogP contribution in [0.5, 0.6) is 5.75 Å². The predicted octanol–water partition coefficient (Wildman–Crippen LogP) is 3.01. The van der Waals surface area contributed by atoms with Gasteiger partial charge in [-0.1, -0.05) is 42.5 Å². The maximum absolute atomic E-state index is 12.6. The maximum Gasteiger partial charge on any atom is 0.308 e. The first-order valence-electron chi connectivity index (χ1n) is 8.71. The summed E-state index contributed by atoms with van der Waals surface area (Å²) >= 11 is 0. The Morgan fingerprint density at radius 1 is 1.12 bits per heavy atom. The molecule has 2 aromatic rings. The van der Waals surface area contributed by atoms with Crippen molar-refractivity contribution in [3.63, 3.8) is 0 Å². The Labute approximate surface area is 153 Å². The largest absolute Gasteiger partial charge is 0.483 e. The minimum atomic E-state index is -0.871. The van der Waals surface area contributed by atoms with Crippen LogP contribution in [-0.2, 0) is 9.59 Å². The molecule has 1 aliphatic rings. The lowest BCUT2D eigenvalue weighted by Gasteiger charge is -2.17. The molecule has 2 aromatic carbocycles. The van der Waals surface area contributed by atoms with E-state index < -0.39 is 11.9 Å². The van der Waals surface area contributed by atoms with E-state index >= 15 is 0 Å². The molecule has 1 fully saturated rings. The van der Waals surface area contributed by atoms with E-state index in [0.29, 0.717) is 12.3 Å². The fourth-order valence-corrected chi connectivity index (χ4v) is 3.39. The number of carbonyl (C=O) groups excluding carboxylic acids is 1. The molecular weight excluding hydrogens is 330 g/mol. The molecule has 26 heavy (non-hydrogen) atoms. The lowest BCUT2D eigenvalue weighted by atomic mass is 9.89. The molecule has 1 N–H and O–H groups in total. The summed E-state index contributed by atoms with van der Waals surface area (Å²) < 4.78 is 5.69. The van der Waals surface area contributed by atoms with Gasteiger partial charge in [0.25, 0.3) is 5.91 Å². The van der Waals surface area contributed by atoms with Gasteiger partial charge in [0, 0.05) is 19.0 Å². The first kappa shape index (κ1) is 18.0. The Morgan fingerprint density at radius 2 is 1.85 bits per heavy atom. The molecule has 1 aliphatic heterocycles. The zero-order chi connectivity index (χ0) is 18.7. The number of carbonyl (C=O) groups is 2. The highest BCUT2D eigenvalue weighted by Crippen LogP contribution is 2.33. The molecule has 5 heteroatoms. The molecule has 1 amide bonds. The number of likely N-dealkylation sites (tertiary alicyclic amines) is 1. The van der Waals surface area contributed by atoms with Gasteiger partial charge in [-0.3, -0.25) is 9.59 Å². The average molecular weight is 353 g/mol. The number of rotatable bonds is 5. The Morgan fingerprint density at radius 3 is 2.54 bits per heavy atom. The van der Waals surface area contributed by atoms with E-state index in [9.17, 15) is 14.7 Å². The topological polar surface area (TPSA) is 66.8 Å². The highest BCUT2D eigenvalue weighted by atomic mass is 16.5. The molecule has 0 unspecified atom stereocenters. The maximum atomic E-state index is 12.6. The average Bonchev–Trinajstić information content (AvgIpc) is 3.09. The van der Waals surface area contributed by atoms with Gasteiger partial charge in [0.15, 0.2) is 6.61 Å². The lowest BCUT2D eigenvalue weighted by molar-refractivity contribution is -0.142. The van der Waals surface area contributed by atoms with Gasteiger partial charge in [0.1, 0.15) is 5.75 Å². The Kier molecular flexibility index (Phi) is 5.26. The zero-order valence-corrected chi connectivity index (χ0v) is 15.0. The van der Waals surface area contributed by atoms with E-state index in [1.165, 1.54) is 0 Å². The minimum Gasteiger partial charge on any atom is -0.483 e. The van der Waals surface area contributed by atoms with Crippen LogP contribution in [0.4, 0.5) is 0 Å². The number of benzene rings is 2. The van der Waals surface area contributed by atoms with Gasteiger partial charge in [-0.2, -0.15) is 0 Å². The zero-order valence-electron chi connectivity index (χ0n) is 15.0. The summed E-state index contributed by atoms with van der Waals surface area (Å²) in [4.78, 5) is 25.8. The molecule has 0 spiro atoms. The molecule has 5 nitrogen and oxygen atoms in total. The van der Waals surface area contributed by atoms with Crippen molar-refractivity contribution in [1.82, 2.24) is 4.90 Å². The monoisotopic (exact) mass is 353 g/mol. The van der Waals surface area contributed by atoms with Crippen LogP contribution in [0.2, 0.25) is 0 Å². The van der Waals surface area contributed by atoms with Gasteiger partial charge < -0.3 is 14.7 Å².